The summed E-state index contributed by atoms with van der Waals surface area (Å²) in [4.78, 5) is 14.9. The van der Waals surface area contributed by atoms with E-state index in [1.165, 1.54) is 6.42 Å². The maximum atomic E-state index is 12.8. The number of alkyl halides is 1. The number of likely N-dealkylation sites (tertiary alicyclic amines) is 1. The highest BCUT2D eigenvalue weighted by Gasteiger charge is 2.28. The number of amides is 1. The fraction of sp³-hybridized carbons (Fsp3) is 0.562. The molecule has 1 atom stereocenters. The van der Waals surface area contributed by atoms with Crippen molar-refractivity contribution >= 4 is 21.8 Å². The molecule has 1 heterocycles. The molecule has 2 rings (SSSR count). The summed E-state index contributed by atoms with van der Waals surface area (Å²) in [5.74, 6) is 0.223. The van der Waals surface area contributed by atoms with Gasteiger partial charge in [-0.2, -0.15) is 0 Å². The van der Waals surface area contributed by atoms with Crippen LogP contribution >= 0.6 is 15.9 Å². The molecule has 1 aromatic carbocycles. The van der Waals surface area contributed by atoms with E-state index in [0.29, 0.717) is 6.04 Å². The van der Waals surface area contributed by atoms with Gasteiger partial charge in [0.25, 0.3) is 5.91 Å². The highest BCUT2D eigenvalue weighted by atomic mass is 79.9. The van der Waals surface area contributed by atoms with Crippen LogP contribution in [-0.2, 0) is 0 Å². The zero-order valence-corrected chi connectivity index (χ0v) is 13.4. The van der Waals surface area contributed by atoms with Crippen LogP contribution in [0.1, 0.15) is 47.2 Å². The van der Waals surface area contributed by atoms with E-state index in [-0.39, 0.29) is 5.91 Å². The summed E-state index contributed by atoms with van der Waals surface area (Å²) in [7, 11) is 0. The van der Waals surface area contributed by atoms with Crippen LogP contribution in [0.3, 0.4) is 0 Å². The smallest absolute Gasteiger partial charge is 0.254 e. The maximum absolute atomic E-state index is 12.8. The molecule has 3 heteroatoms. The first-order valence-corrected chi connectivity index (χ1v) is 8.20. The number of carbonyl (C=O) groups excluding carboxylic acids is 1. The van der Waals surface area contributed by atoms with E-state index < -0.39 is 0 Å². The molecule has 0 saturated carbocycles. The third kappa shape index (κ3) is 3.19. The lowest BCUT2D eigenvalue weighted by molar-refractivity contribution is 0.0608. The molecule has 1 unspecified atom stereocenters. The molecular weight excluding hydrogens is 302 g/mol. The molecule has 19 heavy (non-hydrogen) atoms. The molecule has 1 fully saturated rings. The Bertz CT molecular complexity index is 436. The van der Waals surface area contributed by atoms with Crippen molar-refractivity contribution in [2.24, 2.45) is 0 Å². The summed E-state index contributed by atoms with van der Waals surface area (Å²) in [6.07, 6.45) is 4.57. The van der Waals surface area contributed by atoms with Gasteiger partial charge < -0.3 is 4.90 Å². The lowest BCUT2D eigenvalue weighted by Gasteiger charge is -2.36. The minimum Gasteiger partial charge on any atom is -0.336 e. The topological polar surface area (TPSA) is 20.3 Å². The van der Waals surface area contributed by atoms with Crippen molar-refractivity contribution in [1.29, 1.82) is 0 Å². The zero-order valence-electron chi connectivity index (χ0n) is 11.8. The summed E-state index contributed by atoms with van der Waals surface area (Å²) in [6, 6.07) is 6.49. The average molecular weight is 324 g/mol. The van der Waals surface area contributed by atoms with Crippen LogP contribution in [0.4, 0.5) is 0 Å². The first-order valence-electron chi connectivity index (χ1n) is 7.08. The van der Waals surface area contributed by atoms with Gasteiger partial charge >= 0.3 is 0 Å². The molecule has 1 amide bonds. The van der Waals surface area contributed by atoms with Gasteiger partial charge in [-0.25, -0.2) is 0 Å². The number of aryl methyl sites for hydroxylation is 2. The first-order chi connectivity index (χ1) is 9.15. The summed E-state index contributed by atoms with van der Waals surface area (Å²) in [5, 5.41) is 0.966. The van der Waals surface area contributed by atoms with E-state index in [0.717, 1.165) is 47.8 Å². The van der Waals surface area contributed by atoms with Gasteiger partial charge in [0.05, 0.1) is 0 Å². The number of piperidine rings is 1. The minimum absolute atomic E-state index is 0.223. The van der Waals surface area contributed by atoms with Crippen LogP contribution in [0.5, 0.6) is 0 Å². The summed E-state index contributed by atoms with van der Waals surface area (Å²) in [5.41, 5.74) is 3.09. The Hall–Kier alpha value is -0.830. The van der Waals surface area contributed by atoms with Crippen molar-refractivity contribution in [3.63, 3.8) is 0 Å². The third-order valence-electron chi connectivity index (χ3n) is 4.03. The molecule has 0 spiro atoms. The largest absolute Gasteiger partial charge is 0.336 e. The Morgan fingerprint density at radius 2 is 2.00 bits per heavy atom. The van der Waals surface area contributed by atoms with Gasteiger partial charge in [-0.05, 0) is 50.7 Å². The van der Waals surface area contributed by atoms with Crippen LogP contribution in [0, 0.1) is 13.8 Å². The predicted octanol–water partition coefficient (Wildman–Crippen LogP) is 4.08. The predicted molar refractivity (Wildman–Crippen MR) is 83.0 cm³/mol. The fourth-order valence-corrected chi connectivity index (χ4v) is 3.52. The van der Waals surface area contributed by atoms with Gasteiger partial charge in [0.2, 0.25) is 0 Å². The second-order valence-electron chi connectivity index (χ2n) is 5.39. The molecule has 104 valence electrons. The van der Waals surface area contributed by atoms with Crippen molar-refractivity contribution < 1.29 is 4.79 Å². The second kappa shape index (κ2) is 6.56. The summed E-state index contributed by atoms with van der Waals surface area (Å²) in [6.45, 7) is 4.97. The number of nitrogens with zero attached hydrogens (tertiary/aromatic N) is 1. The Kier molecular flexibility index (Phi) is 5.03. The normalized spacial score (nSPS) is 19.5. The van der Waals surface area contributed by atoms with Crippen molar-refractivity contribution in [1.82, 2.24) is 4.90 Å². The quantitative estimate of drug-likeness (QED) is 0.767. The minimum atomic E-state index is 0.223. The lowest BCUT2D eigenvalue weighted by atomic mass is 9.96. The molecular formula is C16H22BrNO. The van der Waals surface area contributed by atoms with E-state index >= 15 is 0 Å². The Morgan fingerprint density at radius 3 is 2.63 bits per heavy atom. The zero-order chi connectivity index (χ0) is 13.8. The molecule has 0 N–H and O–H groups in total. The van der Waals surface area contributed by atoms with Gasteiger partial charge in [-0.1, -0.05) is 34.1 Å². The highest BCUT2D eigenvalue weighted by molar-refractivity contribution is 9.09. The van der Waals surface area contributed by atoms with Crippen molar-refractivity contribution in [3.8, 4) is 0 Å². The van der Waals surface area contributed by atoms with Crippen LogP contribution < -0.4 is 0 Å². The van der Waals surface area contributed by atoms with E-state index in [1.54, 1.807) is 0 Å². The van der Waals surface area contributed by atoms with Gasteiger partial charge in [0.1, 0.15) is 0 Å². The molecule has 2 nitrogen and oxygen atoms in total. The first kappa shape index (κ1) is 14.6. The number of halogens is 1. The fourth-order valence-electron chi connectivity index (χ4n) is 2.99. The van der Waals surface area contributed by atoms with E-state index in [1.807, 2.05) is 32.0 Å². The molecule has 0 aromatic heterocycles. The van der Waals surface area contributed by atoms with Crippen molar-refractivity contribution in [3.05, 3.63) is 34.9 Å². The third-order valence-corrected chi connectivity index (χ3v) is 4.48. The standard InChI is InChI=1S/C16H22BrNO/c1-12-6-5-7-13(2)15(12)16(19)18-11-4-3-8-14(18)9-10-17/h5-7,14H,3-4,8-11H2,1-2H3. The van der Waals surface area contributed by atoms with Crippen LogP contribution in [0.25, 0.3) is 0 Å². The average Bonchev–Trinajstić information content (AvgIpc) is 2.39. The lowest BCUT2D eigenvalue weighted by Crippen LogP contribution is -2.44. The van der Waals surface area contributed by atoms with Gasteiger partial charge in [0, 0.05) is 23.5 Å². The van der Waals surface area contributed by atoms with E-state index in [9.17, 15) is 4.79 Å². The Labute approximate surface area is 124 Å². The SMILES string of the molecule is Cc1cccc(C)c1C(=O)N1CCCCC1CCBr. The molecule has 0 aliphatic carbocycles. The maximum Gasteiger partial charge on any atom is 0.254 e. The van der Waals surface area contributed by atoms with E-state index in [4.69, 9.17) is 0 Å². The highest BCUT2D eigenvalue weighted by Crippen LogP contribution is 2.25. The van der Waals surface area contributed by atoms with Gasteiger partial charge in [0.15, 0.2) is 0 Å². The molecule has 1 aliphatic heterocycles. The Morgan fingerprint density at radius 1 is 1.32 bits per heavy atom. The van der Waals surface area contributed by atoms with Gasteiger partial charge in [-0.15, -0.1) is 0 Å². The summed E-state index contributed by atoms with van der Waals surface area (Å²) >= 11 is 3.51. The molecule has 0 bridgehead atoms. The van der Waals surface area contributed by atoms with Gasteiger partial charge in [-0.3, -0.25) is 4.79 Å². The van der Waals surface area contributed by atoms with E-state index in [2.05, 4.69) is 20.8 Å². The monoisotopic (exact) mass is 323 g/mol. The summed E-state index contributed by atoms with van der Waals surface area (Å²) < 4.78 is 0. The van der Waals surface area contributed by atoms with Crippen molar-refractivity contribution in [2.45, 2.75) is 45.6 Å². The molecule has 1 saturated heterocycles. The number of carbonyl (C=O) groups is 1. The second-order valence-corrected chi connectivity index (χ2v) is 6.19. The van der Waals surface area contributed by atoms with Crippen LogP contribution in [-0.4, -0.2) is 28.7 Å². The molecule has 1 aliphatic rings. The van der Waals surface area contributed by atoms with Crippen LogP contribution in [0.15, 0.2) is 18.2 Å². The number of hydrogen-bond acceptors (Lipinski definition) is 1. The number of rotatable bonds is 3. The van der Waals surface area contributed by atoms with Crippen LogP contribution in [0.2, 0.25) is 0 Å². The molecule has 1 aromatic rings. The number of benzene rings is 1. The Balaban J connectivity index is 2.26. The van der Waals surface area contributed by atoms with Crippen molar-refractivity contribution in [2.75, 3.05) is 11.9 Å². The number of hydrogen-bond donors (Lipinski definition) is 0. The molecule has 0 radical (unpaired) electrons.